The van der Waals surface area contributed by atoms with Gasteiger partial charge >= 0.3 is 0 Å². The number of hydrogen-bond donors (Lipinski definition) is 0. The maximum absolute atomic E-state index is 12.1. The number of amides is 1. The number of halogens is 2. The maximum atomic E-state index is 12.1. The van der Waals surface area contributed by atoms with Gasteiger partial charge in [0.1, 0.15) is 5.15 Å². The van der Waals surface area contributed by atoms with E-state index in [1.165, 1.54) is 0 Å². The van der Waals surface area contributed by atoms with E-state index in [0.717, 1.165) is 17.3 Å². The third kappa shape index (κ3) is 4.13. The number of hydrogen-bond acceptors (Lipinski definition) is 2. The van der Waals surface area contributed by atoms with Gasteiger partial charge in [0, 0.05) is 24.3 Å². The Labute approximate surface area is 115 Å². The van der Waals surface area contributed by atoms with E-state index in [4.69, 9.17) is 11.6 Å². The van der Waals surface area contributed by atoms with Crippen molar-refractivity contribution in [3.63, 3.8) is 0 Å². The minimum Gasteiger partial charge on any atom is -0.342 e. The van der Waals surface area contributed by atoms with Crippen LogP contribution in [0.3, 0.4) is 0 Å². The lowest BCUT2D eigenvalue weighted by Gasteiger charge is -2.17. The summed E-state index contributed by atoms with van der Waals surface area (Å²) in [6, 6.07) is 1.68. The Bertz CT molecular complexity index is 423. The van der Waals surface area contributed by atoms with Crippen LogP contribution in [0.5, 0.6) is 0 Å². The average molecular weight is 318 g/mol. The Morgan fingerprint density at radius 2 is 2.41 bits per heavy atom. The molecule has 17 heavy (non-hydrogen) atoms. The largest absolute Gasteiger partial charge is 0.342 e. The molecule has 0 saturated heterocycles. The lowest BCUT2D eigenvalue weighted by Crippen LogP contribution is -2.28. The Kier molecular flexibility index (Phi) is 5.65. The van der Waals surface area contributed by atoms with Crippen LogP contribution < -0.4 is 0 Å². The number of rotatable bonds is 5. The van der Waals surface area contributed by atoms with E-state index in [0.29, 0.717) is 12.1 Å². The fourth-order valence-corrected chi connectivity index (χ4v) is 1.87. The Hall–Kier alpha value is -0.870. The summed E-state index contributed by atoms with van der Waals surface area (Å²) in [5.74, 6) is -0.118. The molecule has 5 heteroatoms. The highest BCUT2D eigenvalue weighted by molar-refractivity contribution is 9.10. The summed E-state index contributed by atoms with van der Waals surface area (Å²) in [7, 11) is 1.75. The van der Waals surface area contributed by atoms with Gasteiger partial charge in [0.15, 0.2) is 0 Å². The van der Waals surface area contributed by atoms with Crippen molar-refractivity contribution >= 4 is 33.4 Å². The number of unbranched alkanes of at least 4 members (excludes halogenated alkanes) is 1. The molecule has 1 rings (SSSR count). The van der Waals surface area contributed by atoms with Gasteiger partial charge in [-0.05, 0) is 34.8 Å². The van der Waals surface area contributed by atoms with Gasteiger partial charge in [0.05, 0.1) is 5.56 Å². The number of carbonyl (C=O) groups excluding carboxylic acids is 1. The SMILES string of the molecule is C=CCCCN(C)C(=O)c1cc(Br)cnc1Cl. The van der Waals surface area contributed by atoms with E-state index >= 15 is 0 Å². The average Bonchev–Trinajstić information content (AvgIpc) is 2.31. The molecule has 1 amide bonds. The van der Waals surface area contributed by atoms with E-state index in [1.807, 2.05) is 6.08 Å². The molecule has 0 atom stereocenters. The molecule has 0 spiro atoms. The van der Waals surface area contributed by atoms with Gasteiger partial charge in [-0.15, -0.1) is 6.58 Å². The topological polar surface area (TPSA) is 33.2 Å². The van der Waals surface area contributed by atoms with Crippen molar-refractivity contribution in [2.24, 2.45) is 0 Å². The molecule has 1 aromatic heterocycles. The van der Waals surface area contributed by atoms with Crippen molar-refractivity contribution in [1.82, 2.24) is 9.88 Å². The van der Waals surface area contributed by atoms with Crippen LogP contribution in [0.15, 0.2) is 29.4 Å². The monoisotopic (exact) mass is 316 g/mol. The van der Waals surface area contributed by atoms with Crippen LogP contribution in [0.4, 0.5) is 0 Å². The molecule has 0 aliphatic rings. The summed E-state index contributed by atoms with van der Waals surface area (Å²) in [6.45, 7) is 4.32. The van der Waals surface area contributed by atoms with Crippen LogP contribution in [0.1, 0.15) is 23.2 Å². The van der Waals surface area contributed by atoms with Gasteiger partial charge < -0.3 is 4.90 Å². The molecule has 0 unspecified atom stereocenters. The third-order valence-electron chi connectivity index (χ3n) is 2.28. The van der Waals surface area contributed by atoms with Gasteiger partial charge in [-0.25, -0.2) is 4.98 Å². The van der Waals surface area contributed by atoms with Crippen molar-refractivity contribution in [2.75, 3.05) is 13.6 Å². The first-order chi connectivity index (χ1) is 8.06. The lowest BCUT2D eigenvalue weighted by molar-refractivity contribution is 0.0793. The second-order valence-electron chi connectivity index (χ2n) is 3.65. The zero-order chi connectivity index (χ0) is 12.8. The highest BCUT2D eigenvalue weighted by Crippen LogP contribution is 2.19. The first-order valence-corrected chi connectivity index (χ1v) is 6.40. The molecule has 0 radical (unpaired) electrons. The predicted octanol–water partition coefficient (Wildman–Crippen LogP) is 3.54. The van der Waals surface area contributed by atoms with Crippen LogP contribution in [0.2, 0.25) is 5.15 Å². The molecule has 0 saturated carbocycles. The zero-order valence-corrected chi connectivity index (χ0v) is 12.0. The molecule has 0 aliphatic heterocycles. The molecule has 0 bridgehead atoms. The van der Waals surface area contributed by atoms with E-state index < -0.39 is 0 Å². The van der Waals surface area contributed by atoms with E-state index in [9.17, 15) is 4.79 Å². The van der Waals surface area contributed by atoms with Gasteiger partial charge in [0.2, 0.25) is 0 Å². The first kappa shape index (κ1) is 14.2. The summed E-state index contributed by atoms with van der Waals surface area (Å²) in [6.07, 6.45) is 5.19. The number of carbonyl (C=O) groups is 1. The van der Waals surface area contributed by atoms with Crippen molar-refractivity contribution in [2.45, 2.75) is 12.8 Å². The molecule has 3 nitrogen and oxygen atoms in total. The number of aromatic nitrogens is 1. The first-order valence-electron chi connectivity index (χ1n) is 5.23. The van der Waals surface area contributed by atoms with Crippen molar-refractivity contribution in [3.8, 4) is 0 Å². The van der Waals surface area contributed by atoms with Crippen LogP contribution in [-0.2, 0) is 0 Å². The van der Waals surface area contributed by atoms with Crippen molar-refractivity contribution < 1.29 is 4.79 Å². The molecule has 1 aromatic rings. The smallest absolute Gasteiger partial charge is 0.256 e. The highest BCUT2D eigenvalue weighted by Gasteiger charge is 2.15. The standard InChI is InChI=1S/C12H14BrClN2O/c1-3-4-5-6-16(2)12(17)10-7-9(13)8-15-11(10)14/h3,7-8H,1,4-6H2,2H3. The quantitative estimate of drug-likeness (QED) is 0.473. The minimum absolute atomic E-state index is 0.118. The second kappa shape index (κ2) is 6.77. The van der Waals surface area contributed by atoms with Gasteiger partial charge in [-0.1, -0.05) is 17.7 Å². The summed E-state index contributed by atoms with van der Waals surface area (Å²) in [5, 5.41) is 0.230. The zero-order valence-electron chi connectivity index (χ0n) is 9.62. The fourth-order valence-electron chi connectivity index (χ4n) is 1.35. The normalized spacial score (nSPS) is 10.1. The summed E-state index contributed by atoms with van der Waals surface area (Å²) >= 11 is 9.17. The summed E-state index contributed by atoms with van der Waals surface area (Å²) < 4.78 is 0.741. The fraction of sp³-hybridized carbons (Fsp3) is 0.333. The van der Waals surface area contributed by atoms with Gasteiger partial charge in [-0.2, -0.15) is 0 Å². The summed E-state index contributed by atoms with van der Waals surface area (Å²) in [4.78, 5) is 17.6. The van der Waals surface area contributed by atoms with E-state index in [-0.39, 0.29) is 11.1 Å². The number of nitrogens with zero attached hydrogens (tertiary/aromatic N) is 2. The maximum Gasteiger partial charge on any atom is 0.256 e. The van der Waals surface area contributed by atoms with E-state index in [1.54, 1.807) is 24.2 Å². The highest BCUT2D eigenvalue weighted by atomic mass is 79.9. The van der Waals surface area contributed by atoms with Crippen LogP contribution in [-0.4, -0.2) is 29.4 Å². The van der Waals surface area contributed by atoms with Crippen LogP contribution in [0.25, 0.3) is 0 Å². The lowest BCUT2D eigenvalue weighted by atomic mass is 10.2. The number of pyridine rings is 1. The van der Waals surface area contributed by atoms with Crippen molar-refractivity contribution in [1.29, 1.82) is 0 Å². The molecule has 0 aromatic carbocycles. The molecule has 92 valence electrons. The molecule has 0 aliphatic carbocycles. The Morgan fingerprint density at radius 1 is 1.71 bits per heavy atom. The van der Waals surface area contributed by atoms with Gasteiger partial charge in [0.25, 0.3) is 5.91 Å². The predicted molar refractivity (Wildman–Crippen MR) is 73.3 cm³/mol. The van der Waals surface area contributed by atoms with E-state index in [2.05, 4.69) is 27.5 Å². The van der Waals surface area contributed by atoms with Crippen LogP contribution >= 0.6 is 27.5 Å². The number of allylic oxidation sites excluding steroid dienone is 1. The molecular weight excluding hydrogens is 304 g/mol. The Balaban J connectivity index is 2.74. The molecule has 0 fully saturated rings. The van der Waals surface area contributed by atoms with Gasteiger partial charge in [-0.3, -0.25) is 4.79 Å². The molecule has 0 N–H and O–H groups in total. The second-order valence-corrected chi connectivity index (χ2v) is 4.92. The van der Waals surface area contributed by atoms with Crippen molar-refractivity contribution in [3.05, 3.63) is 40.1 Å². The third-order valence-corrected chi connectivity index (χ3v) is 3.02. The Morgan fingerprint density at radius 3 is 3.06 bits per heavy atom. The summed E-state index contributed by atoms with van der Waals surface area (Å²) in [5.41, 5.74) is 0.419. The minimum atomic E-state index is -0.118. The molecular formula is C12H14BrClN2O. The van der Waals surface area contributed by atoms with Crippen LogP contribution in [0, 0.1) is 0 Å². The molecule has 1 heterocycles.